The Bertz CT molecular complexity index is 1180. The van der Waals surface area contributed by atoms with Crippen molar-refractivity contribution in [1.82, 2.24) is 9.55 Å². The highest BCUT2D eigenvalue weighted by atomic mass is 16.4. The number of carboxylic acid groups (broad SMARTS) is 2. The van der Waals surface area contributed by atoms with Crippen molar-refractivity contribution in [1.29, 1.82) is 0 Å². The number of aliphatic hydroxyl groups excluding tert-OH is 1. The van der Waals surface area contributed by atoms with Crippen molar-refractivity contribution in [2.24, 2.45) is 40.4 Å². The quantitative estimate of drug-likeness (QED) is 0.244. The van der Waals surface area contributed by atoms with Gasteiger partial charge in [-0.25, -0.2) is 9.78 Å². The van der Waals surface area contributed by atoms with Gasteiger partial charge in [0.2, 0.25) is 0 Å². The maximum Gasteiger partial charge on any atom is 0.336 e. The van der Waals surface area contributed by atoms with Gasteiger partial charge < -0.3 is 30.1 Å². The van der Waals surface area contributed by atoms with Crippen LogP contribution in [-0.4, -0.2) is 64.0 Å². The number of aliphatic carboxylic acids is 2. The van der Waals surface area contributed by atoms with Crippen molar-refractivity contribution in [3.8, 4) is 0 Å². The monoisotopic (exact) mass is 602 g/mol. The van der Waals surface area contributed by atoms with E-state index in [-0.39, 0.29) is 11.3 Å². The number of aliphatic hydroxyl groups is 3. The first kappa shape index (κ1) is 33.2. The van der Waals surface area contributed by atoms with E-state index in [1.165, 1.54) is 38.5 Å². The molecule has 240 valence electrons. The lowest BCUT2D eigenvalue weighted by Crippen LogP contribution is -2.56. The Morgan fingerprint density at radius 1 is 0.977 bits per heavy atom. The van der Waals surface area contributed by atoms with E-state index in [2.05, 4.69) is 32.3 Å². The van der Waals surface area contributed by atoms with Gasteiger partial charge in [0.15, 0.2) is 11.4 Å². The predicted molar refractivity (Wildman–Crippen MR) is 159 cm³/mol. The molecular weight excluding hydrogens is 552 g/mol. The van der Waals surface area contributed by atoms with Crippen molar-refractivity contribution >= 4 is 17.7 Å². The van der Waals surface area contributed by atoms with Gasteiger partial charge in [-0.2, -0.15) is 0 Å². The molecule has 0 saturated heterocycles. The number of ketones is 1. The van der Waals surface area contributed by atoms with Crippen LogP contribution in [0.4, 0.5) is 0 Å². The lowest BCUT2D eigenvalue weighted by Gasteiger charge is -2.62. The molecule has 9 atom stereocenters. The third-order valence-corrected chi connectivity index (χ3v) is 12.1. The Balaban J connectivity index is 0.000000277. The van der Waals surface area contributed by atoms with Gasteiger partial charge in [-0.15, -0.1) is 0 Å². The molecule has 4 aliphatic carbocycles. The summed E-state index contributed by atoms with van der Waals surface area (Å²) in [5.74, 6) is -0.154. The molecule has 4 saturated carbocycles. The number of aromatic nitrogens is 2. The van der Waals surface area contributed by atoms with E-state index in [9.17, 15) is 24.6 Å². The van der Waals surface area contributed by atoms with Crippen molar-refractivity contribution in [3.63, 3.8) is 0 Å². The molecule has 4 aliphatic rings. The summed E-state index contributed by atoms with van der Waals surface area (Å²) in [6.07, 6.45) is 15.2. The number of fused-ring (bicyclic) bond motifs is 5. The summed E-state index contributed by atoms with van der Waals surface area (Å²) in [7, 11) is 0. The van der Waals surface area contributed by atoms with Crippen LogP contribution in [0, 0.1) is 40.4 Å². The third kappa shape index (κ3) is 6.55. The minimum absolute atomic E-state index is 0.181. The summed E-state index contributed by atoms with van der Waals surface area (Å²) in [6, 6.07) is 0. The van der Waals surface area contributed by atoms with Crippen molar-refractivity contribution in [2.75, 3.05) is 0 Å². The molecule has 0 radical (unpaired) electrons. The minimum atomic E-state index is -2.49. The summed E-state index contributed by atoms with van der Waals surface area (Å²) in [4.78, 5) is 38.0. The van der Waals surface area contributed by atoms with Gasteiger partial charge in [0.25, 0.3) is 0 Å². The standard InChI is InChI=1S/C26H40N2O2.C7H10O6/c1-4-26(30)12-11-24(2)18(15-26)5-6-19-20-7-8-22(25(20,3)10-9-21(19)24)23(29)16-28-14-13-27-17-28;1-4(8)2-7(13,6(11)12)3-5(9)10/h13-14,17-22,30H,4-12,15-16H2,1-3H3;8,13H,1-3H2,(H,9,10)(H,11,12)/t18-,19-,20-,21-,22+,24-,25-,26+;/m0./s1. The zero-order chi connectivity index (χ0) is 31.8. The normalized spacial score (nSPS) is 37.8. The Labute approximate surface area is 254 Å². The first-order valence-electron chi connectivity index (χ1n) is 15.8. The molecule has 0 aromatic carbocycles. The number of hydrogen-bond acceptors (Lipinski definition) is 7. The highest BCUT2D eigenvalue weighted by Gasteiger charge is 2.61. The zero-order valence-electron chi connectivity index (χ0n) is 25.9. The van der Waals surface area contributed by atoms with Crippen LogP contribution in [-0.2, 0) is 20.9 Å². The molecular formula is C33H50N2O8. The maximum absolute atomic E-state index is 13.3. The SMILES string of the molecule is C=C(O)CC(O)(CC(=O)O)C(=O)O.CC[C@@]1(O)CC[C@@]2(C)[C@@H](CC[C@@H]3[C@@H]2CC[C@]2(C)[C@@H](C(=O)Cn4ccnc4)CC[C@@H]32)C1. The first-order valence-corrected chi connectivity index (χ1v) is 15.8. The molecule has 43 heavy (non-hydrogen) atoms. The van der Waals surface area contributed by atoms with Gasteiger partial charge in [-0.3, -0.25) is 9.59 Å². The molecule has 1 heterocycles. The Hall–Kier alpha value is -2.72. The number of hydrogen-bond donors (Lipinski definition) is 5. The van der Waals surface area contributed by atoms with Crippen molar-refractivity contribution < 1.29 is 39.9 Å². The largest absolute Gasteiger partial charge is 0.513 e. The Kier molecular flexibility index (Phi) is 9.53. The molecule has 0 aliphatic heterocycles. The second kappa shape index (κ2) is 12.3. The molecule has 1 unspecified atom stereocenters. The minimum Gasteiger partial charge on any atom is -0.513 e. The summed E-state index contributed by atoms with van der Waals surface area (Å²) >= 11 is 0. The molecule has 0 spiro atoms. The Morgan fingerprint density at radius 2 is 1.67 bits per heavy atom. The van der Waals surface area contributed by atoms with Crippen LogP contribution in [0.25, 0.3) is 0 Å². The molecule has 5 rings (SSSR count). The number of carboxylic acids is 2. The molecule has 0 bridgehead atoms. The van der Waals surface area contributed by atoms with E-state index in [0.29, 0.717) is 29.6 Å². The number of carbonyl (C=O) groups excluding carboxylic acids is 1. The smallest absolute Gasteiger partial charge is 0.336 e. The fraction of sp³-hybridized carbons (Fsp3) is 0.758. The lowest BCUT2D eigenvalue weighted by molar-refractivity contribution is -0.165. The molecule has 4 fully saturated rings. The first-order chi connectivity index (χ1) is 20.1. The summed E-state index contributed by atoms with van der Waals surface area (Å²) in [5.41, 5.74) is -2.33. The van der Waals surface area contributed by atoms with Crippen LogP contribution in [0.1, 0.15) is 97.8 Å². The maximum atomic E-state index is 13.3. The molecule has 10 heteroatoms. The number of Topliss-reactive ketones (excluding diaryl/α,β-unsaturated/α-hetero) is 1. The molecule has 5 N–H and O–H groups in total. The van der Waals surface area contributed by atoms with Crippen LogP contribution in [0.15, 0.2) is 31.1 Å². The van der Waals surface area contributed by atoms with Crippen LogP contribution in [0.2, 0.25) is 0 Å². The molecule has 0 amide bonds. The topological polar surface area (TPSA) is 170 Å². The number of imidazole rings is 1. The van der Waals surface area contributed by atoms with E-state index in [1.54, 1.807) is 12.5 Å². The van der Waals surface area contributed by atoms with E-state index in [1.807, 2.05) is 10.8 Å². The van der Waals surface area contributed by atoms with E-state index < -0.39 is 41.7 Å². The van der Waals surface area contributed by atoms with E-state index in [0.717, 1.165) is 37.5 Å². The predicted octanol–water partition coefficient (Wildman–Crippen LogP) is 4.99. The highest BCUT2D eigenvalue weighted by molar-refractivity contribution is 5.84. The third-order valence-electron chi connectivity index (χ3n) is 12.1. The lowest BCUT2D eigenvalue weighted by atomic mass is 9.43. The highest BCUT2D eigenvalue weighted by Crippen LogP contribution is 2.68. The summed E-state index contributed by atoms with van der Waals surface area (Å²) < 4.78 is 1.94. The summed E-state index contributed by atoms with van der Waals surface area (Å²) in [5, 5.41) is 45.6. The van der Waals surface area contributed by atoms with Crippen molar-refractivity contribution in [2.45, 2.75) is 116 Å². The zero-order valence-corrected chi connectivity index (χ0v) is 25.9. The fourth-order valence-electron chi connectivity index (χ4n) is 9.64. The summed E-state index contributed by atoms with van der Waals surface area (Å²) in [6.45, 7) is 10.6. The van der Waals surface area contributed by atoms with Gasteiger partial charge in [0.1, 0.15) is 0 Å². The van der Waals surface area contributed by atoms with Crippen LogP contribution >= 0.6 is 0 Å². The van der Waals surface area contributed by atoms with Crippen LogP contribution in [0.5, 0.6) is 0 Å². The number of nitrogens with zero attached hydrogens (tertiary/aromatic N) is 2. The van der Waals surface area contributed by atoms with Gasteiger partial charge >= 0.3 is 11.9 Å². The van der Waals surface area contributed by atoms with Gasteiger partial charge in [0.05, 0.1) is 30.7 Å². The van der Waals surface area contributed by atoms with E-state index >= 15 is 0 Å². The van der Waals surface area contributed by atoms with Gasteiger partial charge in [0, 0.05) is 24.7 Å². The second-order valence-electron chi connectivity index (χ2n) is 14.5. The number of carbonyl (C=O) groups is 3. The molecule has 1 aromatic heterocycles. The average molecular weight is 603 g/mol. The van der Waals surface area contributed by atoms with Gasteiger partial charge in [-0.05, 0) is 98.7 Å². The van der Waals surface area contributed by atoms with Gasteiger partial charge in [-0.1, -0.05) is 27.4 Å². The van der Waals surface area contributed by atoms with Crippen LogP contribution in [0.3, 0.4) is 0 Å². The van der Waals surface area contributed by atoms with Crippen LogP contribution < -0.4 is 0 Å². The van der Waals surface area contributed by atoms with E-state index in [4.69, 9.17) is 15.3 Å². The molecule has 10 nitrogen and oxygen atoms in total. The average Bonchev–Trinajstić information content (AvgIpc) is 3.55. The fourth-order valence-corrected chi connectivity index (χ4v) is 9.64. The number of rotatable bonds is 9. The molecule has 1 aromatic rings. The van der Waals surface area contributed by atoms with Crippen molar-refractivity contribution in [3.05, 3.63) is 31.1 Å². The second-order valence-corrected chi connectivity index (χ2v) is 14.5. The Morgan fingerprint density at radius 3 is 2.26 bits per heavy atom.